The number of carboxylic acid groups (broad SMARTS) is 1. The number of hydrogen-bond acceptors (Lipinski definition) is 8. The van der Waals surface area contributed by atoms with E-state index in [9.17, 15) is 37.5 Å². The molecule has 0 bridgehead atoms. The molecule has 2 aromatic rings. The van der Waals surface area contributed by atoms with E-state index in [1.807, 2.05) is 20.8 Å². The van der Waals surface area contributed by atoms with Crippen LogP contribution in [0.1, 0.15) is 65.4 Å². The molecule has 250 valence electrons. The largest absolute Gasteiger partial charge is 0.480 e. The molecule has 1 aliphatic heterocycles. The Bertz CT molecular complexity index is 1440. The van der Waals surface area contributed by atoms with E-state index in [1.165, 1.54) is 11.8 Å². The number of urea groups is 1. The quantitative estimate of drug-likeness (QED) is 0.310. The van der Waals surface area contributed by atoms with Gasteiger partial charge in [0, 0.05) is 32.6 Å². The summed E-state index contributed by atoms with van der Waals surface area (Å²) in [4.78, 5) is 65.1. The van der Waals surface area contributed by atoms with E-state index in [1.54, 1.807) is 34.1 Å². The summed E-state index contributed by atoms with van der Waals surface area (Å²) in [5.74, 6) is -3.80. The lowest BCUT2D eigenvalue weighted by Crippen LogP contribution is -2.50. The maximum Gasteiger partial charge on any atom is 0.471 e. The van der Waals surface area contributed by atoms with Crippen molar-refractivity contribution in [3.63, 3.8) is 0 Å². The molecule has 4 rings (SSSR count). The standard InChI is InChI=1S/C31H40F3N7O5/c1-5-38(6-2)28-35-19-23(39(7-3)27(45)31(32,33)34)24(37-28)36-22(25(42)43)18-20-12-14-21(15-13-20)41-26(44)30(16-10-9-11-17-30)40(8-4)29(41)46/h12-15,19,22H,5-11,16-18H2,1-4H3,(H,42,43)(H,35,36,37). The Balaban J connectivity index is 1.62. The number of alkyl halides is 3. The van der Waals surface area contributed by atoms with Gasteiger partial charge >= 0.3 is 24.1 Å². The van der Waals surface area contributed by atoms with Gasteiger partial charge in [0.2, 0.25) is 5.95 Å². The van der Waals surface area contributed by atoms with Crippen molar-refractivity contribution in [3.05, 3.63) is 36.0 Å². The summed E-state index contributed by atoms with van der Waals surface area (Å²) in [5.41, 5.74) is -0.280. The number of carboxylic acids is 1. The Morgan fingerprint density at radius 2 is 1.65 bits per heavy atom. The first-order chi connectivity index (χ1) is 21.8. The lowest BCUT2D eigenvalue weighted by atomic mass is 9.80. The van der Waals surface area contributed by atoms with E-state index in [0.717, 1.165) is 25.5 Å². The average Bonchev–Trinajstić information content (AvgIpc) is 3.22. The number of benzene rings is 1. The van der Waals surface area contributed by atoms with Crippen LogP contribution in [0, 0.1) is 0 Å². The van der Waals surface area contributed by atoms with E-state index in [4.69, 9.17) is 0 Å². The van der Waals surface area contributed by atoms with E-state index in [2.05, 4.69) is 15.3 Å². The van der Waals surface area contributed by atoms with E-state index in [0.29, 0.717) is 48.6 Å². The Kier molecular flexibility index (Phi) is 10.4. The molecular weight excluding hydrogens is 607 g/mol. The molecule has 1 spiro atoms. The van der Waals surface area contributed by atoms with Gasteiger partial charge in [-0.3, -0.25) is 9.59 Å². The molecule has 2 N–H and O–H groups in total. The number of aliphatic carboxylic acids is 1. The first kappa shape index (κ1) is 34.4. The maximum atomic E-state index is 13.6. The summed E-state index contributed by atoms with van der Waals surface area (Å²) in [6.07, 6.45) is -0.293. The molecule has 1 aromatic carbocycles. The SMILES string of the molecule is CCN(CC)c1ncc(N(CC)C(=O)C(F)(F)F)c(NC(Cc2ccc(N3C(=O)N(CC)C4(CCCCC4)C3=O)cc2)C(=O)O)n1. The predicted molar refractivity (Wildman–Crippen MR) is 166 cm³/mol. The van der Waals surface area contributed by atoms with Crippen LogP contribution < -0.4 is 20.0 Å². The van der Waals surface area contributed by atoms with Crippen LogP contribution in [0.3, 0.4) is 0 Å². The van der Waals surface area contributed by atoms with Gasteiger partial charge in [0.1, 0.15) is 17.3 Å². The summed E-state index contributed by atoms with van der Waals surface area (Å²) >= 11 is 0. The topological polar surface area (TPSA) is 139 Å². The number of carbonyl (C=O) groups is 4. The fourth-order valence-corrected chi connectivity index (χ4v) is 6.29. The van der Waals surface area contributed by atoms with Gasteiger partial charge in [-0.25, -0.2) is 19.5 Å². The van der Waals surface area contributed by atoms with Crippen LogP contribution in [-0.2, 0) is 20.8 Å². The lowest BCUT2D eigenvalue weighted by Gasteiger charge is -2.37. The molecule has 46 heavy (non-hydrogen) atoms. The van der Waals surface area contributed by atoms with Crippen LogP contribution >= 0.6 is 0 Å². The van der Waals surface area contributed by atoms with Crippen molar-refractivity contribution in [2.24, 2.45) is 0 Å². The smallest absolute Gasteiger partial charge is 0.471 e. The van der Waals surface area contributed by atoms with Crippen molar-refractivity contribution >= 4 is 47.0 Å². The molecular formula is C31H40F3N7O5. The van der Waals surface area contributed by atoms with Gasteiger partial charge < -0.3 is 25.1 Å². The zero-order valence-corrected chi connectivity index (χ0v) is 26.4. The van der Waals surface area contributed by atoms with Crippen molar-refractivity contribution in [1.82, 2.24) is 14.9 Å². The molecule has 4 amide bonds. The van der Waals surface area contributed by atoms with Gasteiger partial charge in [-0.1, -0.05) is 31.4 Å². The zero-order valence-electron chi connectivity index (χ0n) is 26.4. The normalized spacial score (nSPS) is 16.9. The van der Waals surface area contributed by atoms with Crippen molar-refractivity contribution in [3.8, 4) is 0 Å². The fourth-order valence-electron chi connectivity index (χ4n) is 6.29. The van der Waals surface area contributed by atoms with Crippen molar-refractivity contribution in [2.75, 3.05) is 46.2 Å². The van der Waals surface area contributed by atoms with Crippen LogP contribution in [0.4, 0.5) is 41.1 Å². The van der Waals surface area contributed by atoms with Crippen LogP contribution in [-0.4, -0.2) is 87.7 Å². The third-order valence-corrected chi connectivity index (χ3v) is 8.68. The number of nitrogens with one attached hydrogen (secondary N) is 1. The number of rotatable bonds is 12. The zero-order chi connectivity index (χ0) is 33.8. The number of aromatic nitrogens is 2. The van der Waals surface area contributed by atoms with E-state index < -0.39 is 29.6 Å². The number of carbonyl (C=O) groups excluding carboxylic acids is 3. The summed E-state index contributed by atoms with van der Waals surface area (Å²) in [6.45, 7) is 7.85. The minimum Gasteiger partial charge on any atom is -0.480 e. The second kappa shape index (κ2) is 13.9. The van der Waals surface area contributed by atoms with Crippen molar-refractivity contribution in [1.29, 1.82) is 0 Å². The first-order valence-corrected chi connectivity index (χ1v) is 15.6. The Hall–Kier alpha value is -4.43. The number of likely N-dealkylation sites (N-methyl/N-ethyl adjacent to an activating group) is 1. The number of imide groups is 1. The highest BCUT2D eigenvalue weighted by Gasteiger charge is 2.57. The van der Waals surface area contributed by atoms with Crippen LogP contribution in [0.15, 0.2) is 30.5 Å². The molecule has 2 aliphatic rings. The minimum atomic E-state index is -5.18. The Morgan fingerprint density at radius 1 is 1.02 bits per heavy atom. The molecule has 1 unspecified atom stereocenters. The summed E-state index contributed by atoms with van der Waals surface area (Å²) in [5, 5.41) is 12.8. The van der Waals surface area contributed by atoms with Gasteiger partial charge in [-0.05, 0) is 58.2 Å². The van der Waals surface area contributed by atoms with Gasteiger partial charge in [0.05, 0.1) is 11.9 Å². The van der Waals surface area contributed by atoms with Crippen molar-refractivity contribution < 1.29 is 37.5 Å². The average molecular weight is 648 g/mol. The Labute approximate surface area is 265 Å². The van der Waals surface area contributed by atoms with Gasteiger partial charge in [0.25, 0.3) is 5.91 Å². The number of hydrogen-bond donors (Lipinski definition) is 2. The number of nitrogens with zero attached hydrogens (tertiary/aromatic N) is 6. The summed E-state index contributed by atoms with van der Waals surface area (Å²) < 4.78 is 40.3. The molecule has 2 heterocycles. The van der Waals surface area contributed by atoms with Gasteiger partial charge in [0.15, 0.2) is 5.82 Å². The Morgan fingerprint density at radius 3 is 2.17 bits per heavy atom. The highest BCUT2D eigenvalue weighted by molar-refractivity contribution is 6.23. The molecule has 1 saturated carbocycles. The maximum absolute atomic E-state index is 13.6. The van der Waals surface area contributed by atoms with Gasteiger partial charge in [-0.15, -0.1) is 0 Å². The molecule has 1 atom stereocenters. The first-order valence-electron chi connectivity index (χ1n) is 15.6. The molecule has 1 aromatic heterocycles. The van der Waals surface area contributed by atoms with Crippen LogP contribution in [0.25, 0.3) is 0 Å². The third kappa shape index (κ3) is 6.58. The second-order valence-corrected chi connectivity index (χ2v) is 11.3. The number of anilines is 4. The van der Waals surface area contributed by atoms with Gasteiger partial charge in [-0.2, -0.15) is 18.2 Å². The van der Waals surface area contributed by atoms with E-state index in [-0.39, 0.29) is 42.4 Å². The molecule has 1 aliphatic carbocycles. The summed E-state index contributed by atoms with van der Waals surface area (Å²) in [6, 6.07) is 4.60. The monoisotopic (exact) mass is 647 g/mol. The van der Waals surface area contributed by atoms with Crippen LogP contribution in [0.5, 0.6) is 0 Å². The molecule has 1 saturated heterocycles. The molecule has 2 fully saturated rings. The minimum absolute atomic E-state index is 0.133. The predicted octanol–water partition coefficient (Wildman–Crippen LogP) is 4.84. The second-order valence-electron chi connectivity index (χ2n) is 11.3. The lowest BCUT2D eigenvalue weighted by molar-refractivity contribution is -0.170. The van der Waals surface area contributed by atoms with E-state index >= 15 is 0 Å². The molecule has 0 radical (unpaired) electrons. The fraction of sp³-hybridized carbons (Fsp3) is 0.548. The summed E-state index contributed by atoms with van der Waals surface area (Å²) in [7, 11) is 0. The molecule has 15 heteroatoms. The van der Waals surface area contributed by atoms with Crippen LogP contribution in [0.2, 0.25) is 0 Å². The third-order valence-electron chi connectivity index (χ3n) is 8.68. The highest BCUT2D eigenvalue weighted by atomic mass is 19.4. The van der Waals surface area contributed by atoms with Crippen molar-refractivity contribution in [2.45, 2.75) is 84.0 Å². The highest BCUT2D eigenvalue weighted by Crippen LogP contribution is 2.42. The molecule has 12 nitrogen and oxygen atoms in total. The number of halogens is 3. The number of amides is 4.